The number of aryl methyl sites for hydroxylation is 1. The number of carbonyl (C=O) groups is 1. The molecule has 25 heavy (non-hydrogen) atoms. The lowest BCUT2D eigenvalue weighted by Crippen LogP contribution is -2.38. The Bertz CT molecular complexity index is 723. The third kappa shape index (κ3) is 4.45. The minimum Gasteiger partial charge on any atom is -0.326 e. The van der Waals surface area contributed by atoms with Crippen LogP contribution in [0.3, 0.4) is 0 Å². The van der Waals surface area contributed by atoms with E-state index in [1.807, 2.05) is 36.4 Å². The molecule has 4 heteroatoms. The van der Waals surface area contributed by atoms with Crippen molar-refractivity contribution in [1.29, 1.82) is 0 Å². The Morgan fingerprint density at radius 3 is 2.40 bits per heavy atom. The van der Waals surface area contributed by atoms with Crippen molar-refractivity contribution >= 4 is 11.6 Å². The molecule has 0 saturated carbocycles. The molecule has 3 rings (SSSR count). The number of halogens is 1. The van der Waals surface area contributed by atoms with Gasteiger partial charge in [0, 0.05) is 23.7 Å². The second-order valence-corrected chi connectivity index (χ2v) is 6.64. The second kappa shape index (κ2) is 8.26. The lowest BCUT2D eigenvalue weighted by molar-refractivity contribution is -0.121. The van der Waals surface area contributed by atoms with E-state index in [0.29, 0.717) is 6.54 Å². The van der Waals surface area contributed by atoms with E-state index in [1.165, 1.54) is 6.07 Å². The van der Waals surface area contributed by atoms with Gasteiger partial charge in [0.1, 0.15) is 5.82 Å². The molecule has 0 unspecified atom stereocenters. The summed E-state index contributed by atoms with van der Waals surface area (Å²) in [4.78, 5) is 14.8. The van der Waals surface area contributed by atoms with E-state index in [9.17, 15) is 9.18 Å². The lowest BCUT2D eigenvalue weighted by atomic mass is 9.95. The maximum absolute atomic E-state index is 13.8. The van der Waals surface area contributed by atoms with Gasteiger partial charge in [-0.15, -0.1) is 0 Å². The minimum absolute atomic E-state index is 0.0294. The molecule has 132 valence electrons. The van der Waals surface area contributed by atoms with Crippen molar-refractivity contribution in [2.45, 2.75) is 32.7 Å². The molecule has 1 heterocycles. The normalized spacial score (nSPS) is 15.9. The Balaban J connectivity index is 1.53. The summed E-state index contributed by atoms with van der Waals surface area (Å²) < 4.78 is 13.8. The molecule has 3 nitrogen and oxygen atoms in total. The molecule has 2 aromatic carbocycles. The van der Waals surface area contributed by atoms with Crippen LogP contribution in [0.25, 0.3) is 0 Å². The Kier molecular flexibility index (Phi) is 5.82. The van der Waals surface area contributed by atoms with Gasteiger partial charge in [0.2, 0.25) is 5.91 Å². The first-order valence-electron chi connectivity index (χ1n) is 9.02. The molecule has 1 aliphatic heterocycles. The first-order chi connectivity index (χ1) is 12.2. The van der Waals surface area contributed by atoms with Gasteiger partial charge in [-0.1, -0.05) is 43.3 Å². The summed E-state index contributed by atoms with van der Waals surface area (Å²) in [5.41, 5.74) is 2.80. The van der Waals surface area contributed by atoms with E-state index in [4.69, 9.17) is 0 Å². The van der Waals surface area contributed by atoms with Gasteiger partial charge in [0.25, 0.3) is 0 Å². The fourth-order valence-electron chi connectivity index (χ4n) is 3.41. The number of amides is 1. The Labute approximate surface area is 148 Å². The number of piperidine rings is 1. The first-order valence-corrected chi connectivity index (χ1v) is 9.02. The number of likely N-dealkylation sites (tertiary alicyclic amines) is 1. The fraction of sp³-hybridized carbons (Fsp3) is 0.381. The van der Waals surface area contributed by atoms with Crippen LogP contribution in [0.1, 0.15) is 30.9 Å². The number of carbonyl (C=O) groups excluding carboxylic acids is 1. The molecule has 0 atom stereocenters. The number of para-hydroxylation sites is 1. The second-order valence-electron chi connectivity index (χ2n) is 6.64. The van der Waals surface area contributed by atoms with Crippen LogP contribution in [-0.4, -0.2) is 23.9 Å². The molecule has 2 aromatic rings. The van der Waals surface area contributed by atoms with Crippen LogP contribution in [0, 0.1) is 11.7 Å². The van der Waals surface area contributed by atoms with Crippen LogP contribution in [-0.2, 0) is 17.8 Å². The average molecular weight is 340 g/mol. The van der Waals surface area contributed by atoms with Gasteiger partial charge in [-0.3, -0.25) is 9.69 Å². The molecule has 1 amide bonds. The molecule has 0 aromatic heterocycles. The highest BCUT2D eigenvalue weighted by Gasteiger charge is 2.25. The van der Waals surface area contributed by atoms with Crippen molar-refractivity contribution in [2.24, 2.45) is 5.92 Å². The lowest BCUT2D eigenvalue weighted by Gasteiger charge is -2.31. The predicted molar refractivity (Wildman–Crippen MR) is 98.9 cm³/mol. The van der Waals surface area contributed by atoms with Gasteiger partial charge in [-0.25, -0.2) is 4.39 Å². The third-order valence-electron chi connectivity index (χ3n) is 4.97. The Morgan fingerprint density at radius 1 is 1.08 bits per heavy atom. The smallest absolute Gasteiger partial charge is 0.227 e. The maximum Gasteiger partial charge on any atom is 0.227 e. The highest BCUT2D eigenvalue weighted by Crippen LogP contribution is 2.23. The number of nitrogens with one attached hydrogen (secondary N) is 1. The van der Waals surface area contributed by atoms with E-state index in [1.54, 1.807) is 6.07 Å². The maximum atomic E-state index is 13.8. The highest BCUT2D eigenvalue weighted by molar-refractivity contribution is 5.93. The average Bonchev–Trinajstić information content (AvgIpc) is 2.64. The molecule has 0 bridgehead atoms. The highest BCUT2D eigenvalue weighted by atomic mass is 19.1. The molecule has 0 spiro atoms. The van der Waals surface area contributed by atoms with Crippen molar-refractivity contribution in [3.8, 4) is 0 Å². The van der Waals surface area contributed by atoms with Gasteiger partial charge >= 0.3 is 0 Å². The van der Waals surface area contributed by atoms with Crippen LogP contribution >= 0.6 is 0 Å². The zero-order chi connectivity index (χ0) is 17.6. The number of rotatable bonds is 5. The molecule has 0 radical (unpaired) electrons. The van der Waals surface area contributed by atoms with Crippen LogP contribution in [0.2, 0.25) is 0 Å². The Morgan fingerprint density at radius 2 is 1.72 bits per heavy atom. The van der Waals surface area contributed by atoms with E-state index in [0.717, 1.165) is 49.2 Å². The molecule has 1 aliphatic rings. The third-order valence-corrected chi connectivity index (χ3v) is 4.97. The number of anilines is 1. The van der Waals surface area contributed by atoms with Crippen molar-refractivity contribution in [3.63, 3.8) is 0 Å². The standard InChI is InChI=1S/C21H25FN2O/c1-2-16-7-4-6-10-20(16)23-21(25)17-11-13-24(14-12-17)15-18-8-3-5-9-19(18)22/h3-10,17H,2,11-15H2,1H3,(H,23,25). The zero-order valence-corrected chi connectivity index (χ0v) is 14.7. The van der Waals surface area contributed by atoms with Crippen LogP contribution < -0.4 is 5.32 Å². The van der Waals surface area contributed by atoms with Crippen molar-refractivity contribution in [1.82, 2.24) is 4.90 Å². The van der Waals surface area contributed by atoms with Gasteiger partial charge in [0.05, 0.1) is 0 Å². The number of hydrogen-bond donors (Lipinski definition) is 1. The van der Waals surface area contributed by atoms with Gasteiger partial charge in [-0.2, -0.15) is 0 Å². The largest absolute Gasteiger partial charge is 0.326 e. The summed E-state index contributed by atoms with van der Waals surface area (Å²) in [6.07, 6.45) is 2.53. The molecule has 1 N–H and O–H groups in total. The van der Waals surface area contributed by atoms with Gasteiger partial charge < -0.3 is 5.32 Å². The summed E-state index contributed by atoms with van der Waals surface area (Å²) in [5, 5.41) is 3.09. The quantitative estimate of drug-likeness (QED) is 0.883. The summed E-state index contributed by atoms with van der Waals surface area (Å²) in [6, 6.07) is 14.9. The van der Waals surface area contributed by atoms with Crippen molar-refractivity contribution < 1.29 is 9.18 Å². The van der Waals surface area contributed by atoms with Crippen LogP contribution in [0.5, 0.6) is 0 Å². The minimum atomic E-state index is -0.154. The van der Waals surface area contributed by atoms with Gasteiger partial charge in [0.15, 0.2) is 0 Å². The summed E-state index contributed by atoms with van der Waals surface area (Å²) in [5.74, 6) is -0.0215. The number of benzene rings is 2. The van der Waals surface area contributed by atoms with Crippen molar-refractivity contribution in [2.75, 3.05) is 18.4 Å². The fourth-order valence-corrected chi connectivity index (χ4v) is 3.41. The van der Waals surface area contributed by atoms with E-state index in [2.05, 4.69) is 17.1 Å². The number of nitrogens with zero attached hydrogens (tertiary/aromatic N) is 1. The van der Waals surface area contributed by atoms with Crippen LogP contribution in [0.15, 0.2) is 48.5 Å². The Hall–Kier alpha value is -2.20. The SMILES string of the molecule is CCc1ccccc1NC(=O)C1CCN(Cc2ccccc2F)CC1. The van der Waals surface area contributed by atoms with E-state index < -0.39 is 0 Å². The van der Waals surface area contributed by atoms with Crippen LogP contribution in [0.4, 0.5) is 10.1 Å². The molecular weight excluding hydrogens is 315 g/mol. The number of hydrogen-bond acceptors (Lipinski definition) is 2. The monoisotopic (exact) mass is 340 g/mol. The van der Waals surface area contributed by atoms with Crippen molar-refractivity contribution in [3.05, 3.63) is 65.5 Å². The predicted octanol–water partition coefficient (Wildman–Crippen LogP) is 4.24. The zero-order valence-electron chi connectivity index (χ0n) is 14.7. The first kappa shape index (κ1) is 17.6. The topological polar surface area (TPSA) is 32.3 Å². The molecule has 1 fully saturated rings. The van der Waals surface area contributed by atoms with E-state index >= 15 is 0 Å². The van der Waals surface area contributed by atoms with Gasteiger partial charge in [-0.05, 0) is 50.0 Å². The summed E-state index contributed by atoms with van der Waals surface area (Å²) >= 11 is 0. The molecule has 1 saturated heterocycles. The summed E-state index contributed by atoms with van der Waals surface area (Å²) in [7, 11) is 0. The summed E-state index contributed by atoms with van der Waals surface area (Å²) in [6.45, 7) is 4.34. The molecular formula is C21H25FN2O. The van der Waals surface area contributed by atoms with E-state index in [-0.39, 0.29) is 17.6 Å². The molecule has 0 aliphatic carbocycles.